The van der Waals surface area contributed by atoms with Crippen molar-refractivity contribution >= 4 is 16.0 Å². The Bertz CT molecular complexity index is 482. The quantitative estimate of drug-likeness (QED) is 0.852. The third-order valence-corrected chi connectivity index (χ3v) is 4.38. The molecule has 0 amide bonds. The van der Waals surface area contributed by atoms with Crippen LogP contribution in [0, 0.1) is 12.8 Å². The van der Waals surface area contributed by atoms with E-state index in [1.165, 1.54) is 4.31 Å². The molecule has 6 nitrogen and oxygen atoms in total. The summed E-state index contributed by atoms with van der Waals surface area (Å²) in [5, 5.41) is 6.58. The highest BCUT2D eigenvalue weighted by molar-refractivity contribution is 7.90. The number of nitrogens with zero attached hydrogens (tertiary/aromatic N) is 2. The van der Waals surface area contributed by atoms with Gasteiger partial charge in [-0.05, 0) is 25.7 Å². The first-order valence-electron chi connectivity index (χ1n) is 5.77. The van der Waals surface area contributed by atoms with E-state index in [1.807, 2.05) is 6.92 Å². The van der Waals surface area contributed by atoms with E-state index >= 15 is 0 Å². The lowest BCUT2D eigenvalue weighted by Crippen LogP contribution is -2.42. The van der Waals surface area contributed by atoms with Crippen LogP contribution in [0.3, 0.4) is 0 Å². The number of hydrogen-bond donors (Lipinski definition) is 2. The van der Waals surface area contributed by atoms with E-state index in [1.54, 1.807) is 6.07 Å². The number of aromatic amines is 1. The summed E-state index contributed by atoms with van der Waals surface area (Å²) in [4.78, 5) is 0. The van der Waals surface area contributed by atoms with Crippen LogP contribution in [0.1, 0.15) is 25.5 Å². The highest BCUT2D eigenvalue weighted by Gasteiger charge is 2.27. The molecule has 1 atom stereocenters. The molecule has 0 radical (unpaired) electrons. The van der Waals surface area contributed by atoms with Crippen molar-refractivity contribution in [2.45, 2.75) is 26.7 Å². The average molecular weight is 258 g/mol. The SMILES string of the molecule is Cc1cc(NS(=O)(=O)N2CCCC(C)C2)n[nH]1. The Balaban J connectivity index is 2.08. The molecule has 0 saturated carbocycles. The lowest BCUT2D eigenvalue weighted by molar-refractivity contribution is 0.282. The fraction of sp³-hybridized carbons (Fsp3) is 0.700. The molecule has 1 aliphatic rings. The third kappa shape index (κ3) is 2.98. The maximum Gasteiger partial charge on any atom is 0.302 e. The molecule has 0 bridgehead atoms. The van der Waals surface area contributed by atoms with Crippen LogP contribution < -0.4 is 4.72 Å². The van der Waals surface area contributed by atoms with Gasteiger partial charge in [0.05, 0.1) is 0 Å². The third-order valence-electron chi connectivity index (χ3n) is 2.90. The lowest BCUT2D eigenvalue weighted by atomic mass is 10.0. The van der Waals surface area contributed by atoms with Crippen molar-refractivity contribution in [2.24, 2.45) is 5.92 Å². The molecule has 1 fully saturated rings. The van der Waals surface area contributed by atoms with Crippen LogP contribution in [0.4, 0.5) is 5.82 Å². The molecule has 1 saturated heterocycles. The maximum absolute atomic E-state index is 12.1. The van der Waals surface area contributed by atoms with Gasteiger partial charge in [-0.15, -0.1) is 0 Å². The van der Waals surface area contributed by atoms with Crippen LogP contribution in [-0.2, 0) is 10.2 Å². The lowest BCUT2D eigenvalue weighted by Gasteiger charge is -2.29. The monoisotopic (exact) mass is 258 g/mol. The molecule has 1 aromatic rings. The molecule has 17 heavy (non-hydrogen) atoms. The highest BCUT2D eigenvalue weighted by atomic mass is 32.2. The van der Waals surface area contributed by atoms with Gasteiger partial charge in [-0.25, -0.2) is 0 Å². The molecule has 1 aliphatic heterocycles. The van der Waals surface area contributed by atoms with Gasteiger partial charge in [-0.3, -0.25) is 9.82 Å². The summed E-state index contributed by atoms with van der Waals surface area (Å²) < 4.78 is 28.1. The van der Waals surface area contributed by atoms with E-state index in [4.69, 9.17) is 0 Å². The first-order valence-corrected chi connectivity index (χ1v) is 7.21. The Morgan fingerprint density at radius 2 is 2.35 bits per heavy atom. The van der Waals surface area contributed by atoms with Crippen molar-refractivity contribution in [3.63, 3.8) is 0 Å². The number of piperidine rings is 1. The van der Waals surface area contributed by atoms with Gasteiger partial charge in [-0.1, -0.05) is 6.92 Å². The largest absolute Gasteiger partial charge is 0.302 e. The predicted molar refractivity (Wildman–Crippen MR) is 65.8 cm³/mol. The summed E-state index contributed by atoms with van der Waals surface area (Å²) in [5.41, 5.74) is 0.828. The number of nitrogens with one attached hydrogen (secondary N) is 2. The Morgan fingerprint density at radius 3 is 2.94 bits per heavy atom. The van der Waals surface area contributed by atoms with E-state index < -0.39 is 10.2 Å². The van der Waals surface area contributed by atoms with E-state index in [2.05, 4.69) is 21.8 Å². The fourth-order valence-corrected chi connectivity index (χ4v) is 3.35. The number of aryl methyl sites for hydroxylation is 1. The molecule has 1 aromatic heterocycles. The van der Waals surface area contributed by atoms with Gasteiger partial charge in [-0.2, -0.15) is 17.8 Å². The normalized spacial score (nSPS) is 22.6. The summed E-state index contributed by atoms with van der Waals surface area (Å²) in [7, 11) is -3.46. The highest BCUT2D eigenvalue weighted by Crippen LogP contribution is 2.19. The number of hydrogen-bond acceptors (Lipinski definition) is 3. The van der Waals surface area contributed by atoms with Crippen molar-refractivity contribution < 1.29 is 8.42 Å². The van der Waals surface area contributed by atoms with Gasteiger partial charge in [0, 0.05) is 24.8 Å². The van der Waals surface area contributed by atoms with Crippen molar-refractivity contribution in [2.75, 3.05) is 17.8 Å². The topological polar surface area (TPSA) is 78.1 Å². The van der Waals surface area contributed by atoms with Crippen LogP contribution in [0.5, 0.6) is 0 Å². The Labute approximate surface area is 102 Å². The standard InChI is InChI=1S/C10H18N4O2S/c1-8-4-3-5-14(7-8)17(15,16)13-10-6-9(2)11-12-10/h6,8H,3-5,7H2,1-2H3,(H2,11,12,13). The molecule has 2 N–H and O–H groups in total. The van der Waals surface area contributed by atoms with Gasteiger partial charge < -0.3 is 0 Å². The fourth-order valence-electron chi connectivity index (χ4n) is 2.03. The van der Waals surface area contributed by atoms with Crippen LogP contribution in [0.25, 0.3) is 0 Å². The van der Waals surface area contributed by atoms with Gasteiger partial charge in [0.15, 0.2) is 5.82 Å². The molecular formula is C10H18N4O2S. The van der Waals surface area contributed by atoms with Gasteiger partial charge in [0.25, 0.3) is 0 Å². The first kappa shape index (κ1) is 12.4. The Hall–Kier alpha value is -1.08. The van der Waals surface area contributed by atoms with Crippen LogP contribution in [0.15, 0.2) is 6.07 Å². The van der Waals surface area contributed by atoms with Crippen molar-refractivity contribution in [1.29, 1.82) is 0 Å². The second-order valence-corrected chi connectivity index (χ2v) is 6.32. The minimum atomic E-state index is -3.46. The number of H-pyrrole nitrogens is 1. The molecule has 0 spiro atoms. The molecular weight excluding hydrogens is 240 g/mol. The van der Waals surface area contributed by atoms with Gasteiger partial charge in [0.2, 0.25) is 0 Å². The number of rotatable bonds is 3. The molecule has 2 heterocycles. The minimum absolute atomic E-state index is 0.348. The first-order chi connectivity index (χ1) is 7.97. The Kier molecular flexibility index (Phi) is 3.39. The summed E-state index contributed by atoms with van der Waals surface area (Å²) in [6, 6.07) is 1.67. The van der Waals surface area contributed by atoms with Crippen LogP contribution in [-0.4, -0.2) is 36.0 Å². The van der Waals surface area contributed by atoms with E-state index in [-0.39, 0.29) is 0 Å². The zero-order chi connectivity index (χ0) is 12.5. The molecule has 96 valence electrons. The van der Waals surface area contributed by atoms with Crippen molar-refractivity contribution in [1.82, 2.24) is 14.5 Å². The number of anilines is 1. The van der Waals surface area contributed by atoms with Gasteiger partial charge >= 0.3 is 10.2 Å². The van der Waals surface area contributed by atoms with Crippen LogP contribution in [0.2, 0.25) is 0 Å². The Morgan fingerprint density at radius 1 is 1.59 bits per heavy atom. The molecule has 0 aliphatic carbocycles. The van der Waals surface area contributed by atoms with Gasteiger partial charge in [0.1, 0.15) is 0 Å². The molecule has 7 heteroatoms. The van der Waals surface area contributed by atoms with Crippen molar-refractivity contribution in [3.8, 4) is 0 Å². The maximum atomic E-state index is 12.1. The van der Waals surface area contributed by atoms with Crippen molar-refractivity contribution in [3.05, 3.63) is 11.8 Å². The second-order valence-electron chi connectivity index (χ2n) is 4.65. The average Bonchev–Trinajstić information content (AvgIpc) is 2.63. The summed E-state index contributed by atoms with van der Waals surface area (Å²) >= 11 is 0. The zero-order valence-corrected chi connectivity index (χ0v) is 10.9. The van der Waals surface area contributed by atoms with E-state index in [0.29, 0.717) is 24.8 Å². The summed E-state index contributed by atoms with van der Waals surface area (Å²) in [5.74, 6) is 0.766. The second kappa shape index (κ2) is 4.66. The summed E-state index contributed by atoms with van der Waals surface area (Å²) in [6.45, 7) is 5.07. The molecule has 1 unspecified atom stereocenters. The molecule has 0 aromatic carbocycles. The summed E-state index contributed by atoms with van der Waals surface area (Å²) in [6.07, 6.45) is 2.01. The smallest absolute Gasteiger partial charge is 0.281 e. The molecule has 2 rings (SSSR count). The minimum Gasteiger partial charge on any atom is -0.281 e. The zero-order valence-electron chi connectivity index (χ0n) is 10.1. The number of aromatic nitrogens is 2. The van der Waals surface area contributed by atoms with Crippen LogP contribution >= 0.6 is 0 Å². The van der Waals surface area contributed by atoms with E-state index in [9.17, 15) is 8.42 Å². The van der Waals surface area contributed by atoms with E-state index in [0.717, 1.165) is 18.5 Å². The predicted octanol–water partition coefficient (Wildman–Crippen LogP) is 1.11.